The van der Waals surface area contributed by atoms with Crippen molar-refractivity contribution in [2.75, 3.05) is 18.1 Å². The van der Waals surface area contributed by atoms with E-state index in [9.17, 15) is 4.79 Å². The number of amides is 1. The van der Waals surface area contributed by atoms with Crippen LogP contribution in [0.2, 0.25) is 0 Å². The van der Waals surface area contributed by atoms with Crippen LogP contribution >= 0.6 is 0 Å². The van der Waals surface area contributed by atoms with Crippen molar-refractivity contribution in [1.82, 2.24) is 9.89 Å². The average Bonchev–Trinajstić information content (AvgIpc) is 2.92. The predicted molar refractivity (Wildman–Crippen MR) is 62.1 cm³/mol. The van der Waals surface area contributed by atoms with Gasteiger partial charge in [-0.1, -0.05) is 18.2 Å². The molecule has 0 saturated carbocycles. The lowest BCUT2D eigenvalue weighted by atomic mass is 10.3. The second kappa shape index (κ2) is 3.74. The molecule has 1 amide bonds. The molecule has 1 saturated heterocycles. The predicted octanol–water partition coefficient (Wildman–Crippen LogP) is 0.452. The SMILES string of the molecule is NCC1CN(n2ncc3ccccc32)C(=O)O1. The first-order valence-corrected chi connectivity index (χ1v) is 5.41. The molecule has 2 aromatic rings. The Labute approximate surface area is 97.5 Å². The zero-order chi connectivity index (χ0) is 11.8. The monoisotopic (exact) mass is 232 g/mol. The van der Waals surface area contributed by atoms with Gasteiger partial charge in [0.15, 0.2) is 0 Å². The van der Waals surface area contributed by atoms with Crippen LogP contribution in [0.25, 0.3) is 10.9 Å². The van der Waals surface area contributed by atoms with E-state index in [0.717, 1.165) is 10.9 Å². The molecule has 0 aliphatic carbocycles. The summed E-state index contributed by atoms with van der Waals surface area (Å²) in [5.41, 5.74) is 6.37. The molecule has 2 heterocycles. The number of hydrogen-bond acceptors (Lipinski definition) is 4. The van der Waals surface area contributed by atoms with Gasteiger partial charge in [-0.05, 0) is 6.07 Å². The number of benzene rings is 1. The maximum atomic E-state index is 11.7. The number of rotatable bonds is 2. The van der Waals surface area contributed by atoms with E-state index >= 15 is 0 Å². The number of nitrogens with two attached hydrogens (primary N) is 1. The summed E-state index contributed by atoms with van der Waals surface area (Å²) in [5, 5.41) is 6.64. The van der Waals surface area contributed by atoms with Crippen LogP contribution in [0.5, 0.6) is 0 Å². The Morgan fingerprint density at radius 3 is 3.06 bits per heavy atom. The van der Waals surface area contributed by atoms with Gasteiger partial charge in [-0.25, -0.2) is 4.79 Å². The van der Waals surface area contributed by atoms with Gasteiger partial charge in [0.05, 0.1) is 18.3 Å². The average molecular weight is 232 g/mol. The first-order chi connectivity index (χ1) is 8.29. The quantitative estimate of drug-likeness (QED) is 0.816. The molecule has 3 rings (SSSR count). The lowest BCUT2D eigenvalue weighted by Gasteiger charge is -2.13. The molecule has 6 nitrogen and oxygen atoms in total. The van der Waals surface area contributed by atoms with E-state index in [-0.39, 0.29) is 6.10 Å². The standard InChI is InChI=1S/C11H12N4O2/c12-5-9-7-14(11(16)17-9)15-10-4-2-1-3-8(10)6-13-15/h1-4,6,9H,5,7,12H2. The minimum absolute atomic E-state index is 0.259. The molecule has 17 heavy (non-hydrogen) atoms. The minimum atomic E-state index is -0.408. The topological polar surface area (TPSA) is 73.4 Å². The largest absolute Gasteiger partial charge is 0.442 e. The van der Waals surface area contributed by atoms with Crippen molar-refractivity contribution in [2.45, 2.75) is 6.10 Å². The van der Waals surface area contributed by atoms with E-state index in [1.54, 1.807) is 11.0 Å². The van der Waals surface area contributed by atoms with Gasteiger partial charge < -0.3 is 10.5 Å². The molecule has 1 aliphatic heterocycles. The lowest BCUT2D eigenvalue weighted by Crippen LogP contribution is -2.37. The van der Waals surface area contributed by atoms with Crippen LogP contribution in [-0.4, -0.2) is 35.2 Å². The smallest absolute Gasteiger partial charge is 0.430 e. The van der Waals surface area contributed by atoms with Gasteiger partial charge in [-0.2, -0.15) is 14.9 Å². The first-order valence-electron chi connectivity index (χ1n) is 5.41. The Balaban J connectivity index is 2.02. The van der Waals surface area contributed by atoms with Crippen LogP contribution in [0.15, 0.2) is 30.5 Å². The fraction of sp³-hybridized carbons (Fsp3) is 0.273. The van der Waals surface area contributed by atoms with Crippen molar-refractivity contribution in [1.29, 1.82) is 0 Å². The number of carbonyl (C=O) groups excluding carboxylic acids is 1. The van der Waals surface area contributed by atoms with Crippen LogP contribution in [0.1, 0.15) is 0 Å². The van der Waals surface area contributed by atoms with Crippen LogP contribution in [-0.2, 0) is 4.74 Å². The van der Waals surface area contributed by atoms with Crippen molar-refractivity contribution in [3.05, 3.63) is 30.5 Å². The molecule has 0 radical (unpaired) electrons. The first kappa shape index (κ1) is 10.1. The number of aromatic nitrogens is 2. The summed E-state index contributed by atoms with van der Waals surface area (Å²) in [5.74, 6) is 0. The molecule has 1 fully saturated rings. The molecule has 1 aromatic carbocycles. The summed E-state index contributed by atoms with van der Waals surface area (Å²) < 4.78 is 5.10. The number of hydrogen-bond donors (Lipinski definition) is 1. The minimum Gasteiger partial charge on any atom is -0.442 e. The Hall–Kier alpha value is -2.08. The van der Waals surface area contributed by atoms with E-state index in [4.69, 9.17) is 10.5 Å². The Bertz CT molecular complexity index is 565. The highest BCUT2D eigenvalue weighted by Gasteiger charge is 2.32. The molecular formula is C11H12N4O2. The Morgan fingerprint density at radius 1 is 1.47 bits per heavy atom. The fourth-order valence-corrected chi connectivity index (χ4v) is 1.94. The van der Waals surface area contributed by atoms with E-state index in [1.165, 1.54) is 5.01 Å². The summed E-state index contributed by atoms with van der Waals surface area (Å²) in [7, 11) is 0. The molecule has 2 N–H and O–H groups in total. The zero-order valence-electron chi connectivity index (χ0n) is 9.11. The highest BCUT2D eigenvalue weighted by Crippen LogP contribution is 2.16. The Morgan fingerprint density at radius 2 is 2.29 bits per heavy atom. The van der Waals surface area contributed by atoms with E-state index < -0.39 is 6.09 Å². The van der Waals surface area contributed by atoms with E-state index in [1.807, 2.05) is 24.3 Å². The van der Waals surface area contributed by atoms with Crippen molar-refractivity contribution in [3.8, 4) is 0 Å². The van der Waals surface area contributed by atoms with E-state index in [0.29, 0.717) is 13.1 Å². The van der Waals surface area contributed by atoms with Crippen molar-refractivity contribution >= 4 is 17.0 Å². The summed E-state index contributed by atoms with van der Waals surface area (Å²) in [6.45, 7) is 0.752. The van der Waals surface area contributed by atoms with Gasteiger partial charge in [0.25, 0.3) is 0 Å². The number of nitrogens with zero attached hydrogens (tertiary/aromatic N) is 3. The molecular weight excluding hydrogens is 220 g/mol. The third-order valence-corrected chi connectivity index (χ3v) is 2.80. The summed E-state index contributed by atoms with van der Waals surface area (Å²) in [4.78, 5) is 13.2. The molecule has 0 spiro atoms. The normalized spacial score (nSPS) is 19.9. The third kappa shape index (κ3) is 1.53. The number of cyclic esters (lactones) is 1. The van der Waals surface area contributed by atoms with Crippen molar-refractivity contribution < 1.29 is 9.53 Å². The zero-order valence-corrected chi connectivity index (χ0v) is 9.11. The summed E-state index contributed by atoms with van der Waals surface area (Å²) in [6, 6.07) is 7.69. The van der Waals surface area contributed by atoms with Crippen molar-refractivity contribution in [2.24, 2.45) is 5.73 Å². The van der Waals surface area contributed by atoms with Gasteiger partial charge >= 0.3 is 6.09 Å². The van der Waals surface area contributed by atoms with Crippen LogP contribution in [0.4, 0.5) is 4.79 Å². The number of fused-ring (bicyclic) bond motifs is 1. The maximum absolute atomic E-state index is 11.7. The molecule has 88 valence electrons. The highest BCUT2D eigenvalue weighted by atomic mass is 16.6. The summed E-state index contributed by atoms with van der Waals surface area (Å²) >= 11 is 0. The molecule has 6 heteroatoms. The third-order valence-electron chi connectivity index (χ3n) is 2.80. The van der Waals surface area contributed by atoms with Crippen LogP contribution < -0.4 is 10.7 Å². The molecule has 1 unspecified atom stereocenters. The second-order valence-corrected chi connectivity index (χ2v) is 3.92. The van der Waals surface area contributed by atoms with Gasteiger partial charge in [0, 0.05) is 11.9 Å². The van der Waals surface area contributed by atoms with Gasteiger partial charge in [-0.3, -0.25) is 0 Å². The number of para-hydroxylation sites is 1. The maximum Gasteiger partial charge on any atom is 0.430 e. The van der Waals surface area contributed by atoms with Crippen LogP contribution in [0.3, 0.4) is 0 Å². The van der Waals surface area contributed by atoms with E-state index in [2.05, 4.69) is 5.10 Å². The van der Waals surface area contributed by atoms with Crippen molar-refractivity contribution in [3.63, 3.8) is 0 Å². The molecule has 1 aromatic heterocycles. The molecule has 0 bridgehead atoms. The lowest BCUT2D eigenvalue weighted by molar-refractivity contribution is 0.144. The van der Waals surface area contributed by atoms with Gasteiger partial charge in [-0.15, -0.1) is 0 Å². The molecule has 1 aliphatic rings. The van der Waals surface area contributed by atoms with Gasteiger partial charge in [0.1, 0.15) is 6.10 Å². The molecule has 1 atom stereocenters. The fourth-order valence-electron chi connectivity index (χ4n) is 1.94. The number of carbonyl (C=O) groups is 1. The van der Waals surface area contributed by atoms with Crippen LogP contribution in [0, 0.1) is 0 Å². The Kier molecular flexibility index (Phi) is 2.22. The van der Waals surface area contributed by atoms with Gasteiger partial charge in [0.2, 0.25) is 0 Å². The second-order valence-electron chi connectivity index (χ2n) is 3.92. The summed E-state index contributed by atoms with van der Waals surface area (Å²) in [6.07, 6.45) is 1.05. The highest BCUT2D eigenvalue weighted by molar-refractivity contribution is 5.85. The number of ether oxygens (including phenoxy) is 1.